The van der Waals surface area contributed by atoms with Crippen molar-refractivity contribution in [3.05, 3.63) is 41.5 Å². The van der Waals surface area contributed by atoms with Crippen LogP contribution in [0.1, 0.15) is 11.1 Å². The molecule has 0 fully saturated rings. The van der Waals surface area contributed by atoms with Gasteiger partial charge in [-0.2, -0.15) is 23.1 Å². The Morgan fingerprint density at radius 1 is 1.04 bits per heavy atom. The number of alkyl halides is 3. The Balaban J connectivity index is 1.81. The van der Waals surface area contributed by atoms with E-state index in [2.05, 4.69) is 20.2 Å². The number of rotatable bonds is 6. The number of nitrogens with zero attached hydrogens (tertiary/aromatic N) is 5. The van der Waals surface area contributed by atoms with Gasteiger partial charge in [0.25, 0.3) is 0 Å². The molecule has 0 bridgehead atoms. The van der Waals surface area contributed by atoms with Crippen LogP contribution in [0.2, 0.25) is 0 Å². The van der Waals surface area contributed by atoms with Crippen molar-refractivity contribution < 1.29 is 22.6 Å². The molecule has 11 heteroatoms. The Labute approximate surface area is 162 Å². The highest BCUT2D eigenvalue weighted by Crippen LogP contribution is 2.31. The maximum Gasteiger partial charge on any atom is 0.416 e. The quantitative estimate of drug-likeness (QED) is 0.574. The van der Waals surface area contributed by atoms with E-state index in [0.29, 0.717) is 34.1 Å². The van der Waals surface area contributed by atoms with Gasteiger partial charge in [-0.05, 0) is 11.6 Å². The molecule has 0 amide bonds. The number of benzene rings is 1. The summed E-state index contributed by atoms with van der Waals surface area (Å²) in [4.78, 5) is 8.46. The molecule has 0 N–H and O–H groups in total. The normalized spacial score (nSPS) is 11.5. The molecule has 0 unspecified atom stereocenters. The van der Waals surface area contributed by atoms with Crippen LogP contribution in [-0.2, 0) is 19.0 Å². The fraction of sp³-hybridized carbons (Fsp3) is 0.294. The fourth-order valence-corrected chi connectivity index (χ4v) is 3.19. The number of ether oxygens (including phenoxy) is 2. The van der Waals surface area contributed by atoms with Crippen molar-refractivity contribution in [3.63, 3.8) is 0 Å². The molecule has 148 valence electrons. The summed E-state index contributed by atoms with van der Waals surface area (Å²) < 4.78 is 50.4. The Morgan fingerprint density at radius 3 is 2.32 bits per heavy atom. The van der Waals surface area contributed by atoms with Crippen molar-refractivity contribution in [2.24, 2.45) is 7.05 Å². The van der Waals surface area contributed by atoms with Gasteiger partial charge in [0.2, 0.25) is 23.4 Å². The van der Waals surface area contributed by atoms with Crippen LogP contribution in [0.5, 0.6) is 11.8 Å². The molecular formula is C17H16F3N5O2S. The van der Waals surface area contributed by atoms with E-state index in [4.69, 9.17) is 9.47 Å². The lowest BCUT2D eigenvalue weighted by Gasteiger charge is -2.09. The van der Waals surface area contributed by atoms with E-state index in [-0.39, 0.29) is 5.82 Å². The molecule has 1 aromatic carbocycles. The van der Waals surface area contributed by atoms with Crippen molar-refractivity contribution in [3.8, 4) is 23.4 Å². The first-order valence-electron chi connectivity index (χ1n) is 7.97. The summed E-state index contributed by atoms with van der Waals surface area (Å²) in [6.45, 7) is 0. The monoisotopic (exact) mass is 411 g/mol. The molecule has 0 saturated carbocycles. The zero-order valence-corrected chi connectivity index (χ0v) is 16.0. The maximum absolute atomic E-state index is 12.8. The largest absolute Gasteiger partial charge is 0.481 e. The number of halogens is 3. The summed E-state index contributed by atoms with van der Waals surface area (Å²) in [6.07, 6.45) is -4.37. The molecule has 2 heterocycles. The Bertz CT molecular complexity index is 955. The third-order valence-electron chi connectivity index (χ3n) is 3.75. The van der Waals surface area contributed by atoms with Crippen LogP contribution in [0.3, 0.4) is 0 Å². The Hall–Kier alpha value is -2.82. The average Bonchev–Trinajstić information content (AvgIpc) is 3.06. The first kappa shape index (κ1) is 19.9. The second-order valence-corrected chi connectivity index (χ2v) is 6.57. The summed E-state index contributed by atoms with van der Waals surface area (Å²) in [5, 5.41) is 8.68. The number of methoxy groups -OCH3 is 2. The second kappa shape index (κ2) is 8.05. The molecule has 0 aliphatic carbocycles. The highest BCUT2D eigenvalue weighted by molar-refractivity contribution is 7.98. The van der Waals surface area contributed by atoms with Crippen LogP contribution in [0.4, 0.5) is 13.2 Å². The minimum atomic E-state index is -4.37. The van der Waals surface area contributed by atoms with E-state index in [1.807, 2.05) is 0 Å². The van der Waals surface area contributed by atoms with Crippen molar-refractivity contribution in [2.75, 3.05) is 14.2 Å². The highest BCUT2D eigenvalue weighted by atomic mass is 32.2. The predicted molar refractivity (Wildman–Crippen MR) is 96.1 cm³/mol. The zero-order valence-electron chi connectivity index (χ0n) is 15.2. The number of thioether (sulfide) groups is 1. The van der Waals surface area contributed by atoms with E-state index in [1.165, 1.54) is 38.1 Å². The second-order valence-electron chi connectivity index (χ2n) is 5.63. The van der Waals surface area contributed by atoms with E-state index < -0.39 is 11.7 Å². The van der Waals surface area contributed by atoms with Gasteiger partial charge < -0.3 is 14.0 Å². The number of aromatic nitrogens is 5. The molecule has 0 spiro atoms. The Morgan fingerprint density at radius 2 is 1.71 bits per heavy atom. The molecule has 3 aromatic rings. The minimum absolute atomic E-state index is 0.261. The van der Waals surface area contributed by atoms with Crippen molar-refractivity contribution in [1.29, 1.82) is 0 Å². The molecular weight excluding hydrogens is 395 g/mol. The van der Waals surface area contributed by atoms with Gasteiger partial charge >= 0.3 is 6.18 Å². The topological polar surface area (TPSA) is 75.0 Å². The third-order valence-corrected chi connectivity index (χ3v) is 4.85. The van der Waals surface area contributed by atoms with Gasteiger partial charge in [0.05, 0.1) is 25.8 Å². The highest BCUT2D eigenvalue weighted by Gasteiger charge is 2.30. The fourth-order valence-electron chi connectivity index (χ4n) is 2.33. The van der Waals surface area contributed by atoms with E-state index in [1.54, 1.807) is 17.7 Å². The molecule has 0 saturated heterocycles. The van der Waals surface area contributed by atoms with Crippen LogP contribution < -0.4 is 9.47 Å². The van der Waals surface area contributed by atoms with Crippen LogP contribution in [-0.4, -0.2) is 39.0 Å². The van der Waals surface area contributed by atoms with Gasteiger partial charge in [0.15, 0.2) is 5.16 Å². The molecule has 0 radical (unpaired) electrons. The standard InChI is InChI=1S/C17H16F3N5O2S/c1-25-15(14-21-12(26-2)8-13(22-14)27-3)23-24-16(25)28-9-10-5-4-6-11(7-10)17(18,19)20/h4-8H,9H2,1-3H3. The number of hydrogen-bond acceptors (Lipinski definition) is 7. The summed E-state index contributed by atoms with van der Waals surface area (Å²) in [7, 11) is 4.66. The van der Waals surface area contributed by atoms with Gasteiger partial charge in [-0.3, -0.25) is 0 Å². The van der Waals surface area contributed by atoms with E-state index in [9.17, 15) is 13.2 Å². The third kappa shape index (κ3) is 4.35. The molecule has 28 heavy (non-hydrogen) atoms. The van der Waals surface area contributed by atoms with E-state index >= 15 is 0 Å². The van der Waals surface area contributed by atoms with Crippen LogP contribution in [0, 0.1) is 0 Å². The lowest BCUT2D eigenvalue weighted by molar-refractivity contribution is -0.137. The van der Waals surface area contributed by atoms with Crippen LogP contribution >= 0.6 is 11.8 Å². The summed E-state index contributed by atoms with van der Waals surface area (Å²) in [5.74, 6) is 1.56. The smallest absolute Gasteiger partial charge is 0.416 e. The van der Waals surface area contributed by atoms with Gasteiger partial charge in [0, 0.05) is 12.8 Å². The molecule has 0 aliphatic heterocycles. The lowest BCUT2D eigenvalue weighted by Crippen LogP contribution is -2.05. The maximum atomic E-state index is 12.8. The summed E-state index contributed by atoms with van der Waals surface area (Å²) >= 11 is 1.26. The van der Waals surface area contributed by atoms with Crippen LogP contribution in [0.15, 0.2) is 35.5 Å². The van der Waals surface area contributed by atoms with E-state index in [0.717, 1.165) is 12.1 Å². The molecule has 0 atom stereocenters. The summed E-state index contributed by atoms with van der Waals surface area (Å²) in [5.41, 5.74) is -0.148. The number of hydrogen-bond donors (Lipinski definition) is 0. The Kier molecular flexibility index (Phi) is 5.73. The molecule has 0 aliphatic rings. The first-order valence-corrected chi connectivity index (χ1v) is 8.96. The molecule has 7 nitrogen and oxygen atoms in total. The van der Waals surface area contributed by atoms with Crippen molar-refractivity contribution in [1.82, 2.24) is 24.7 Å². The zero-order chi connectivity index (χ0) is 20.3. The summed E-state index contributed by atoms with van der Waals surface area (Å²) in [6, 6.07) is 6.72. The molecule has 2 aromatic heterocycles. The SMILES string of the molecule is COc1cc(OC)nc(-c2nnc(SCc3cccc(C(F)(F)F)c3)n2C)n1. The molecule has 3 rings (SSSR count). The van der Waals surface area contributed by atoms with Gasteiger partial charge in [-0.15, -0.1) is 10.2 Å². The van der Waals surface area contributed by atoms with Gasteiger partial charge in [-0.1, -0.05) is 30.0 Å². The van der Waals surface area contributed by atoms with Crippen molar-refractivity contribution >= 4 is 11.8 Å². The van der Waals surface area contributed by atoms with Crippen LogP contribution in [0.25, 0.3) is 11.6 Å². The first-order chi connectivity index (χ1) is 13.3. The van der Waals surface area contributed by atoms with Gasteiger partial charge in [0.1, 0.15) is 0 Å². The van der Waals surface area contributed by atoms with Gasteiger partial charge in [-0.25, -0.2) is 0 Å². The predicted octanol–water partition coefficient (Wildman–Crippen LogP) is 3.60. The lowest BCUT2D eigenvalue weighted by atomic mass is 10.1. The minimum Gasteiger partial charge on any atom is -0.481 e. The van der Waals surface area contributed by atoms with Crippen molar-refractivity contribution in [2.45, 2.75) is 17.1 Å². The average molecular weight is 411 g/mol.